The minimum atomic E-state index is -3.39. The Morgan fingerprint density at radius 3 is 2.50 bits per heavy atom. The van der Waals surface area contributed by atoms with Gasteiger partial charge in [-0.05, 0) is 56.6 Å². The molecule has 26 heavy (non-hydrogen) atoms. The molecule has 0 radical (unpaired) electrons. The van der Waals surface area contributed by atoms with E-state index in [1.165, 1.54) is 19.1 Å². The second-order valence-corrected chi connectivity index (χ2v) is 8.47. The fourth-order valence-corrected chi connectivity index (χ4v) is 4.30. The Morgan fingerprint density at radius 2 is 1.92 bits per heavy atom. The fraction of sp³-hybridized carbons (Fsp3) is 0.529. The third-order valence-electron chi connectivity index (χ3n) is 4.28. The van der Waals surface area contributed by atoms with Gasteiger partial charge in [-0.3, -0.25) is 9.59 Å². The Balaban J connectivity index is 0.00000338. The highest BCUT2D eigenvalue weighted by Crippen LogP contribution is 2.19. The average Bonchev–Trinajstić information content (AvgIpc) is 2.55. The summed E-state index contributed by atoms with van der Waals surface area (Å²) in [5.74, 6) is -1.33. The number of hydrogen-bond donors (Lipinski definition) is 2. The second-order valence-electron chi connectivity index (χ2n) is 6.36. The first-order valence-electron chi connectivity index (χ1n) is 8.33. The summed E-state index contributed by atoms with van der Waals surface area (Å²) in [6, 6.07) is 6.11. The third kappa shape index (κ3) is 6.59. The van der Waals surface area contributed by atoms with Crippen LogP contribution in [0.5, 0.6) is 0 Å². The van der Waals surface area contributed by atoms with Crippen molar-refractivity contribution >= 4 is 39.8 Å². The maximum Gasteiger partial charge on any atom is 0.307 e. The van der Waals surface area contributed by atoms with Crippen LogP contribution in [0.15, 0.2) is 29.2 Å². The quantitative estimate of drug-likeness (QED) is 0.720. The van der Waals surface area contributed by atoms with Crippen LogP contribution >= 0.6 is 12.4 Å². The van der Waals surface area contributed by atoms with Crippen molar-refractivity contribution in [1.82, 2.24) is 4.90 Å². The van der Waals surface area contributed by atoms with Crippen LogP contribution < -0.4 is 5.32 Å². The molecule has 1 aliphatic heterocycles. The number of hydrogen-bond acceptors (Lipinski definition) is 5. The number of rotatable bonds is 7. The van der Waals surface area contributed by atoms with Crippen molar-refractivity contribution in [1.29, 1.82) is 0 Å². The Bertz CT molecular complexity index is 721. The summed E-state index contributed by atoms with van der Waals surface area (Å²) in [6.07, 6.45) is 1.97. The molecule has 1 atom stereocenters. The number of amides is 1. The number of carboxylic acids is 1. The first-order chi connectivity index (χ1) is 11.8. The molecule has 0 saturated carbocycles. The van der Waals surface area contributed by atoms with E-state index in [1.54, 1.807) is 12.1 Å². The van der Waals surface area contributed by atoms with Gasteiger partial charge in [-0.25, -0.2) is 8.42 Å². The maximum absolute atomic E-state index is 12.4. The number of sulfone groups is 1. The fourth-order valence-electron chi connectivity index (χ4n) is 3.01. The normalized spacial score (nSPS) is 18.0. The Kier molecular flexibility index (Phi) is 8.52. The number of carbonyl (C=O) groups excluding carboxylic acids is 1. The van der Waals surface area contributed by atoms with E-state index >= 15 is 0 Å². The number of halogens is 1. The summed E-state index contributed by atoms with van der Waals surface area (Å²) >= 11 is 0. The molecule has 9 heteroatoms. The number of benzene rings is 1. The summed E-state index contributed by atoms with van der Waals surface area (Å²) < 4.78 is 24.8. The van der Waals surface area contributed by atoms with Gasteiger partial charge in [0.1, 0.15) is 0 Å². The molecule has 146 valence electrons. The molecule has 2 N–H and O–H groups in total. The van der Waals surface area contributed by atoms with Gasteiger partial charge < -0.3 is 15.3 Å². The standard InChI is InChI=1S/C17H24N2O5S.ClH/c1-13(20)18-15-5-7-16(8-6-15)25(23,24)11-3-10-19-9-2-4-14(12-19)17(21)22;/h5-8,14H,2-4,9-12H2,1H3,(H,18,20)(H,21,22);1H. The SMILES string of the molecule is CC(=O)Nc1ccc(S(=O)(=O)CCCN2CCCC(C(=O)O)C2)cc1.Cl. The molecule has 1 saturated heterocycles. The summed E-state index contributed by atoms with van der Waals surface area (Å²) in [5.41, 5.74) is 0.555. The molecular weight excluding hydrogens is 380 g/mol. The van der Waals surface area contributed by atoms with Crippen LogP contribution in [0.3, 0.4) is 0 Å². The predicted molar refractivity (Wildman–Crippen MR) is 101 cm³/mol. The van der Waals surface area contributed by atoms with E-state index in [1.807, 2.05) is 4.90 Å². The Labute approximate surface area is 160 Å². The van der Waals surface area contributed by atoms with Crippen molar-refractivity contribution in [3.63, 3.8) is 0 Å². The van der Waals surface area contributed by atoms with Crippen LogP contribution in [0.1, 0.15) is 26.2 Å². The third-order valence-corrected chi connectivity index (χ3v) is 6.09. The topological polar surface area (TPSA) is 104 Å². The molecule has 0 bridgehead atoms. The molecule has 0 aliphatic carbocycles. The molecule has 1 fully saturated rings. The number of piperidine rings is 1. The van der Waals surface area contributed by atoms with Crippen molar-refractivity contribution in [3.05, 3.63) is 24.3 Å². The molecule has 1 aromatic carbocycles. The van der Waals surface area contributed by atoms with E-state index in [0.717, 1.165) is 13.0 Å². The van der Waals surface area contributed by atoms with Crippen LogP contribution in [0.4, 0.5) is 5.69 Å². The smallest absolute Gasteiger partial charge is 0.307 e. The molecule has 1 heterocycles. The number of anilines is 1. The van der Waals surface area contributed by atoms with Gasteiger partial charge in [0.05, 0.1) is 16.6 Å². The first kappa shape index (κ1) is 22.4. The van der Waals surface area contributed by atoms with Crippen LogP contribution in [0.25, 0.3) is 0 Å². The van der Waals surface area contributed by atoms with Crippen molar-refractivity contribution in [2.75, 3.05) is 30.7 Å². The minimum absolute atomic E-state index is 0. The lowest BCUT2D eigenvalue weighted by Gasteiger charge is -2.30. The van der Waals surface area contributed by atoms with E-state index in [-0.39, 0.29) is 34.9 Å². The maximum atomic E-state index is 12.4. The molecular formula is C17H25ClN2O5S. The van der Waals surface area contributed by atoms with Gasteiger partial charge in [0.25, 0.3) is 0 Å². The zero-order valence-corrected chi connectivity index (χ0v) is 16.3. The van der Waals surface area contributed by atoms with Gasteiger partial charge in [0.2, 0.25) is 5.91 Å². The van der Waals surface area contributed by atoms with Crippen LogP contribution in [0.2, 0.25) is 0 Å². The molecule has 1 aliphatic rings. The van der Waals surface area contributed by atoms with Gasteiger partial charge in [-0.1, -0.05) is 0 Å². The summed E-state index contributed by atoms with van der Waals surface area (Å²) in [5, 5.41) is 11.7. The van der Waals surface area contributed by atoms with Crippen molar-refractivity contribution < 1.29 is 23.1 Å². The number of nitrogens with zero attached hydrogens (tertiary/aromatic N) is 1. The van der Waals surface area contributed by atoms with Gasteiger partial charge in [0, 0.05) is 19.2 Å². The van der Waals surface area contributed by atoms with E-state index in [2.05, 4.69) is 5.32 Å². The lowest BCUT2D eigenvalue weighted by molar-refractivity contribution is -0.143. The van der Waals surface area contributed by atoms with E-state index in [0.29, 0.717) is 31.6 Å². The van der Waals surface area contributed by atoms with Gasteiger partial charge >= 0.3 is 5.97 Å². The molecule has 7 nitrogen and oxygen atoms in total. The van der Waals surface area contributed by atoms with E-state index in [9.17, 15) is 18.0 Å². The van der Waals surface area contributed by atoms with Gasteiger partial charge in [0.15, 0.2) is 9.84 Å². The van der Waals surface area contributed by atoms with Crippen molar-refractivity contribution in [2.24, 2.45) is 5.92 Å². The van der Waals surface area contributed by atoms with Gasteiger partial charge in [-0.15, -0.1) is 12.4 Å². The lowest BCUT2D eigenvalue weighted by Crippen LogP contribution is -2.39. The highest BCUT2D eigenvalue weighted by Gasteiger charge is 2.25. The van der Waals surface area contributed by atoms with Crippen LogP contribution in [0, 0.1) is 5.92 Å². The van der Waals surface area contributed by atoms with Crippen LogP contribution in [-0.2, 0) is 19.4 Å². The molecule has 1 unspecified atom stereocenters. The number of aliphatic carboxylic acids is 1. The Morgan fingerprint density at radius 1 is 1.27 bits per heavy atom. The van der Waals surface area contributed by atoms with Crippen molar-refractivity contribution in [2.45, 2.75) is 31.1 Å². The Hall–Kier alpha value is -1.64. The largest absolute Gasteiger partial charge is 0.481 e. The van der Waals surface area contributed by atoms with Crippen LogP contribution in [-0.4, -0.2) is 55.7 Å². The molecule has 0 aromatic heterocycles. The highest BCUT2D eigenvalue weighted by atomic mass is 35.5. The summed E-state index contributed by atoms with van der Waals surface area (Å²) in [6.45, 7) is 3.27. The first-order valence-corrected chi connectivity index (χ1v) is 9.99. The molecule has 1 amide bonds. The predicted octanol–water partition coefficient (Wildman–Crippen LogP) is 2.03. The number of carboxylic acid groups (broad SMARTS) is 1. The van der Waals surface area contributed by atoms with Gasteiger partial charge in [-0.2, -0.15) is 0 Å². The average molecular weight is 405 g/mol. The van der Waals surface area contributed by atoms with Crippen molar-refractivity contribution in [3.8, 4) is 0 Å². The monoisotopic (exact) mass is 404 g/mol. The minimum Gasteiger partial charge on any atom is -0.481 e. The number of likely N-dealkylation sites (tertiary alicyclic amines) is 1. The number of carbonyl (C=O) groups is 2. The highest BCUT2D eigenvalue weighted by molar-refractivity contribution is 7.91. The zero-order valence-electron chi connectivity index (χ0n) is 14.7. The number of nitrogens with one attached hydrogen (secondary N) is 1. The second kappa shape index (κ2) is 9.89. The summed E-state index contributed by atoms with van der Waals surface area (Å²) in [4.78, 5) is 24.3. The molecule has 1 aromatic rings. The van der Waals surface area contributed by atoms with E-state index < -0.39 is 15.8 Å². The van der Waals surface area contributed by atoms with E-state index in [4.69, 9.17) is 5.11 Å². The lowest BCUT2D eigenvalue weighted by atomic mass is 9.98. The summed E-state index contributed by atoms with van der Waals surface area (Å²) in [7, 11) is -3.39. The molecule has 0 spiro atoms. The zero-order chi connectivity index (χ0) is 18.4. The molecule has 2 rings (SSSR count).